The highest BCUT2D eigenvalue weighted by Gasteiger charge is 2.15. The van der Waals surface area contributed by atoms with E-state index in [0.717, 1.165) is 47.7 Å². The molecular formula is C25H26N4OS2. The Morgan fingerprint density at radius 3 is 2.72 bits per heavy atom. The number of anilines is 1. The maximum absolute atomic E-state index is 12.4. The maximum Gasteiger partial charge on any atom is 0.226 e. The van der Waals surface area contributed by atoms with Crippen molar-refractivity contribution >= 4 is 34.1 Å². The van der Waals surface area contributed by atoms with Crippen molar-refractivity contribution in [2.45, 2.75) is 56.9 Å². The number of aromatic nitrogens is 2. The zero-order chi connectivity index (χ0) is 22.3. The Morgan fingerprint density at radius 2 is 1.94 bits per heavy atom. The van der Waals surface area contributed by atoms with Gasteiger partial charge in [0, 0.05) is 28.8 Å². The van der Waals surface area contributed by atoms with Gasteiger partial charge in [-0.3, -0.25) is 4.79 Å². The van der Waals surface area contributed by atoms with Crippen molar-refractivity contribution in [1.29, 1.82) is 5.26 Å². The average Bonchev–Trinajstić information content (AvgIpc) is 3.23. The third-order valence-electron chi connectivity index (χ3n) is 5.55. The number of benzene rings is 1. The molecule has 1 amide bonds. The molecule has 1 aromatic carbocycles. The fourth-order valence-corrected chi connectivity index (χ4v) is 5.42. The summed E-state index contributed by atoms with van der Waals surface area (Å²) in [7, 11) is 0. The standard InChI is InChI=1S/C25H26N4OS2/c1-17-8-10-18(11-9-17)22-16-32-25(28-22)29-23(30)12-13-31-24-20(15-26)14-19-6-4-2-3-5-7-21(19)27-24/h8-11,14,16H,2-7,12-13H2,1H3,(H,28,29,30). The third-order valence-corrected chi connectivity index (χ3v) is 7.30. The molecule has 3 aromatic rings. The van der Waals surface area contributed by atoms with Gasteiger partial charge in [-0.05, 0) is 44.2 Å². The first-order valence-electron chi connectivity index (χ1n) is 11.0. The number of fused-ring (bicyclic) bond motifs is 1. The Kier molecular flexibility index (Phi) is 7.56. The van der Waals surface area contributed by atoms with Crippen LogP contribution in [0.4, 0.5) is 5.13 Å². The van der Waals surface area contributed by atoms with Gasteiger partial charge in [0.2, 0.25) is 5.91 Å². The number of aryl methyl sites for hydroxylation is 3. The van der Waals surface area contributed by atoms with Gasteiger partial charge in [0.25, 0.3) is 0 Å². The minimum atomic E-state index is -0.0768. The monoisotopic (exact) mass is 462 g/mol. The van der Waals surface area contributed by atoms with Gasteiger partial charge in [-0.1, -0.05) is 42.7 Å². The number of pyridine rings is 1. The van der Waals surface area contributed by atoms with E-state index in [1.165, 1.54) is 47.1 Å². The lowest BCUT2D eigenvalue weighted by Crippen LogP contribution is -2.12. The third kappa shape index (κ3) is 5.76. The molecule has 0 spiro atoms. The lowest BCUT2D eigenvalue weighted by Gasteiger charge is -2.15. The first-order chi connectivity index (χ1) is 15.6. The molecule has 164 valence electrons. The average molecular weight is 463 g/mol. The smallest absolute Gasteiger partial charge is 0.226 e. The second-order valence-corrected chi connectivity index (χ2v) is 9.97. The molecule has 5 nitrogen and oxygen atoms in total. The van der Waals surface area contributed by atoms with Crippen molar-refractivity contribution in [2.24, 2.45) is 0 Å². The summed E-state index contributed by atoms with van der Waals surface area (Å²) >= 11 is 2.91. The molecule has 0 radical (unpaired) electrons. The van der Waals surface area contributed by atoms with E-state index in [1.54, 1.807) is 0 Å². The minimum Gasteiger partial charge on any atom is -0.302 e. The highest BCUT2D eigenvalue weighted by molar-refractivity contribution is 7.99. The predicted molar refractivity (Wildman–Crippen MR) is 131 cm³/mol. The van der Waals surface area contributed by atoms with Gasteiger partial charge in [0.1, 0.15) is 11.1 Å². The van der Waals surface area contributed by atoms with Gasteiger partial charge in [0.15, 0.2) is 5.13 Å². The normalized spacial score (nSPS) is 13.5. The molecule has 1 N–H and O–H groups in total. The predicted octanol–water partition coefficient (Wildman–Crippen LogP) is 6.17. The molecule has 0 atom stereocenters. The van der Waals surface area contributed by atoms with Crippen LogP contribution in [-0.2, 0) is 17.6 Å². The van der Waals surface area contributed by atoms with Crippen LogP contribution in [0.25, 0.3) is 11.3 Å². The van der Waals surface area contributed by atoms with Crippen LogP contribution in [0.15, 0.2) is 40.7 Å². The second kappa shape index (κ2) is 10.8. The van der Waals surface area contributed by atoms with E-state index < -0.39 is 0 Å². The quantitative estimate of drug-likeness (QED) is 0.444. The number of nitriles is 1. The van der Waals surface area contributed by atoms with Crippen LogP contribution < -0.4 is 5.32 Å². The van der Waals surface area contributed by atoms with Crippen LogP contribution in [0.5, 0.6) is 0 Å². The van der Waals surface area contributed by atoms with E-state index in [-0.39, 0.29) is 5.91 Å². The largest absolute Gasteiger partial charge is 0.302 e. The lowest BCUT2D eigenvalue weighted by atomic mass is 9.96. The van der Waals surface area contributed by atoms with Crippen LogP contribution in [0.3, 0.4) is 0 Å². The molecule has 7 heteroatoms. The molecular weight excluding hydrogens is 436 g/mol. The van der Waals surface area contributed by atoms with Crippen LogP contribution in [0.2, 0.25) is 0 Å². The first kappa shape index (κ1) is 22.5. The van der Waals surface area contributed by atoms with E-state index in [0.29, 0.717) is 22.9 Å². The summed E-state index contributed by atoms with van der Waals surface area (Å²) < 4.78 is 0. The van der Waals surface area contributed by atoms with Crippen molar-refractivity contribution in [2.75, 3.05) is 11.1 Å². The van der Waals surface area contributed by atoms with Crippen LogP contribution in [-0.4, -0.2) is 21.6 Å². The number of thioether (sulfide) groups is 1. The van der Waals surface area contributed by atoms with Gasteiger partial charge >= 0.3 is 0 Å². The molecule has 2 heterocycles. The van der Waals surface area contributed by atoms with Gasteiger partial charge in [0.05, 0.1) is 11.3 Å². The molecule has 0 saturated heterocycles. The first-order valence-corrected chi connectivity index (χ1v) is 12.9. The number of thiazole rings is 1. The molecule has 2 aromatic heterocycles. The highest BCUT2D eigenvalue weighted by atomic mass is 32.2. The minimum absolute atomic E-state index is 0.0768. The summed E-state index contributed by atoms with van der Waals surface area (Å²) in [6.07, 6.45) is 7.12. The molecule has 0 aliphatic heterocycles. The van der Waals surface area contributed by atoms with Crippen molar-refractivity contribution < 1.29 is 4.79 Å². The fraction of sp³-hybridized carbons (Fsp3) is 0.360. The summed E-state index contributed by atoms with van der Waals surface area (Å²) in [6, 6.07) is 12.5. The SMILES string of the molecule is Cc1ccc(-c2csc(NC(=O)CCSc3nc4c(cc3C#N)CCCCCC4)n2)cc1. The van der Waals surface area contributed by atoms with Crippen molar-refractivity contribution in [3.8, 4) is 17.3 Å². The van der Waals surface area contributed by atoms with Gasteiger partial charge in [-0.25, -0.2) is 9.97 Å². The Balaban J connectivity index is 1.33. The summed E-state index contributed by atoms with van der Waals surface area (Å²) in [4.78, 5) is 21.8. The van der Waals surface area contributed by atoms with Crippen LogP contribution in [0.1, 0.15) is 54.5 Å². The van der Waals surface area contributed by atoms with Crippen molar-refractivity contribution in [3.63, 3.8) is 0 Å². The zero-order valence-corrected chi connectivity index (χ0v) is 19.8. The van der Waals surface area contributed by atoms with Crippen molar-refractivity contribution in [1.82, 2.24) is 9.97 Å². The number of carbonyl (C=O) groups is 1. The Bertz CT molecular complexity index is 1130. The number of amides is 1. The molecule has 32 heavy (non-hydrogen) atoms. The topological polar surface area (TPSA) is 78.7 Å². The summed E-state index contributed by atoms with van der Waals surface area (Å²) in [6.45, 7) is 2.05. The van der Waals surface area contributed by atoms with Crippen molar-refractivity contribution in [3.05, 3.63) is 58.1 Å². The Morgan fingerprint density at radius 1 is 1.16 bits per heavy atom. The molecule has 1 aliphatic carbocycles. The molecule has 0 saturated carbocycles. The highest BCUT2D eigenvalue weighted by Crippen LogP contribution is 2.28. The molecule has 0 unspecified atom stereocenters. The van der Waals surface area contributed by atoms with E-state index in [1.807, 2.05) is 23.6 Å². The lowest BCUT2D eigenvalue weighted by molar-refractivity contribution is -0.115. The maximum atomic E-state index is 12.4. The van der Waals surface area contributed by atoms with E-state index in [2.05, 4.69) is 35.4 Å². The second-order valence-electron chi connectivity index (χ2n) is 8.02. The van der Waals surface area contributed by atoms with E-state index >= 15 is 0 Å². The number of hydrogen-bond acceptors (Lipinski definition) is 6. The molecule has 0 bridgehead atoms. The van der Waals surface area contributed by atoms with E-state index in [4.69, 9.17) is 4.98 Å². The summed E-state index contributed by atoms with van der Waals surface area (Å²) in [5.74, 6) is 0.495. The molecule has 1 aliphatic rings. The van der Waals surface area contributed by atoms with E-state index in [9.17, 15) is 10.1 Å². The summed E-state index contributed by atoms with van der Waals surface area (Å²) in [5.41, 5.74) is 6.07. The van der Waals surface area contributed by atoms with Gasteiger partial charge in [-0.15, -0.1) is 23.1 Å². The van der Waals surface area contributed by atoms with Gasteiger partial charge < -0.3 is 5.32 Å². The van der Waals surface area contributed by atoms with Crippen LogP contribution >= 0.6 is 23.1 Å². The number of nitrogens with one attached hydrogen (secondary N) is 1. The zero-order valence-electron chi connectivity index (χ0n) is 18.2. The number of rotatable bonds is 6. The number of carbonyl (C=O) groups excluding carboxylic acids is 1. The Hall–Kier alpha value is -2.69. The number of hydrogen-bond donors (Lipinski definition) is 1. The molecule has 4 rings (SSSR count). The Labute approximate surface area is 197 Å². The fourth-order valence-electron chi connectivity index (χ4n) is 3.77. The molecule has 0 fully saturated rings. The van der Waals surface area contributed by atoms with Crippen LogP contribution in [0, 0.1) is 18.3 Å². The summed E-state index contributed by atoms with van der Waals surface area (Å²) in [5, 5.41) is 15.8. The van der Waals surface area contributed by atoms with Gasteiger partial charge in [-0.2, -0.15) is 5.26 Å². The number of nitrogens with zero attached hydrogens (tertiary/aromatic N) is 3.